The summed E-state index contributed by atoms with van der Waals surface area (Å²) in [6.07, 6.45) is 1.79. The molecule has 0 bridgehead atoms. The van der Waals surface area contributed by atoms with Crippen LogP contribution in [0.5, 0.6) is 0 Å². The minimum absolute atomic E-state index is 0.106. The number of quaternary nitrogens is 1. The summed E-state index contributed by atoms with van der Waals surface area (Å²) in [6.45, 7) is 5.44. The Morgan fingerprint density at radius 2 is 2.00 bits per heavy atom. The number of thiophene rings is 1. The van der Waals surface area contributed by atoms with Gasteiger partial charge in [-0.2, -0.15) is 0 Å². The molecule has 1 atom stereocenters. The van der Waals surface area contributed by atoms with Crippen molar-refractivity contribution < 1.29 is 19.2 Å². The van der Waals surface area contributed by atoms with Crippen molar-refractivity contribution in [3.63, 3.8) is 0 Å². The Bertz CT molecular complexity index is 743. The zero-order valence-corrected chi connectivity index (χ0v) is 15.5. The monoisotopic (exact) mass is 379 g/mol. The lowest BCUT2D eigenvalue weighted by Crippen LogP contribution is -3.11. The van der Waals surface area contributed by atoms with Gasteiger partial charge < -0.3 is 15.0 Å². The van der Waals surface area contributed by atoms with E-state index in [4.69, 9.17) is 11.6 Å². The van der Waals surface area contributed by atoms with E-state index in [0.717, 1.165) is 14.1 Å². The van der Waals surface area contributed by atoms with E-state index in [1.54, 1.807) is 30.3 Å². The van der Waals surface area contributed by atoms with Gasteiger partial charge in [-0.05, 0) is 42.5 Å². The number of nitrogens with one attached hydrogen (secondary N) is 2. The molecule has 0 aliphatic rings. The van der Waals surface area contributed by atoms with Gasteiger partial charge in [0.1, 0.15) is 6.54 Å². The van der Waals surface area contributed by atoms with Gasteiger partial charge in [-0.25, -0.2) is 4.79 Å². The van der Waals surface area contributed by atoms with Gasteiger partial charge in [0.25, 0.3) is 5.91 Å². The first-order valence-electron chi connectivity index (χ1n) is 7.68. The van der Waals surface area contributed by atoms with Crippen LogP contribution in [0.2, 0.25) is 4.34 Å². The van der Waals surface area contributed by atoms with Gasteiger partial charge in [-0.15, -0.1) is 11.3 Å². The van der Waals surface area contributed by atoms with Crippen molar-refractivity contribution in [3.05, 3.63) is 63.8 Å². The van der Waals surface area contributed by atoms with Crippen molar-refractivity contribution in [3.8, 4) is 0 Å². The molecule has 0 fully saturated rings. The van der Waals surface area contributed by atoms with E-state index in [-0.39, 0.29) is 5.91 Å². The van der Waals surface area contributed by atoms with Crippen molar-refractivity contribution in [1.29, 1.82) is 0 Å². The topological polar surface area (TPSA) is 59.8 Å². The van der Waals surface area contributed by atoms with Crippen LogP contribution in [0.3, 0.4) is 0 Å². The number of esters is 1. The molecule has 7 heteroatoms. The summed E-state index contributed by atoms with van der Waals surface area (Å²) in [5.74, 6) is -0.514. The molecule has 1 amide bonds. The molecule has 1 heterocycles. The number of hydrogen-bond acceptors (Lipinski definition) is 4. The van der Waals surface area contributed by atoms with Crippen LogP contribution in [0, 0.1) is 0 Å². The molecule has 2 N–H and O–H groups in total. The number of carbonyl (C=O) groups excluding carboxylic acids is 2. The lowest BCUT2D eigenvalue weighted by atomic mass is 10.2. The molecule has 132 valence electrons. The molecule has 25 heavy (non-hydrogen) atoms. The fourth-order valence-corrected chi connectivity index (χ4v) is 3.50. The normalized spacial score (nSPS) is 11.6. The summed E-state index contributed by atoms with van der Waals surface area (Å²) in [4.78, 5) is 25.9. The molecule has 0 spiro atoms. The number of hydrogen-bond donors (Lipinski definition) is 2. The number of amides is 1. The Morgan fingerprint density at radius 1 is 1.28 bits per heavy atom. The van der Waals surface area contributed by atoms with Crippen LogP contribution in [-0.2, 0) is 16.1 Å². The van der Waals surface area contributed by atoms with Gasteiger partial charge in [0, 0.05) is 5.69 Å². The molecule has 0 saturated heterocycles. The molecule has 2 rings (SSSR count). The highest BCUT2D eigenvalue weighted by Gasteiger charge is 2.15. The van der Waals surface area contributed by atoms with Crippen LogP contribution in [0.15, 0.2) is 49.1 Å². The van der Waals surface area contributed by atoms with Crippen LogP contribution in [0.1, 0.15) is 15.2 Å². The second kappa shape index (κ2) is 9.36. The Kier molecular flexibility index (Phi) is 7.18. The van der Waals surface area contributed by atoms with E-state index in [1.165, 1.54) is 18.4 Å². The Balaban J connectivity index is 1.93. The molecule has 0 radical (unpaired) electrons. The van der Waals surface area contributed by atoms with Gasteiger partial charge in [0.2, 0.25) is 0 Å². The van der Waals surface area contributed by atoms with Crippen molar-refractivity contribution >= 4 is 40.5 Å². The largest absolute Gasteiger partial charge is 0.465 e. The third-order valence-corrected chi connectivity index (χ3v) is 4.72. The van der Waals surface area contributed by atoms with Crippen LogP contribution in [0.4, 0.5) is 5.69 Å². The summed E-state index contributed by atoms with van der Waals surface area (Å²) in [5.41, 5.74) is 1.07. The summed E-state index contributed by atoms with van der Waals surface area (Å²) >= 11 is 7.47. The molecular formula is C18H20ClN2O3S+. The molecule has 0 aliphatic carbocycles. The van der Waals surface area contributed by atoms with Gasteiger partial charge in [0.15, 0.2) is 6.54 Å². The molecule has 5 nitrogen and oxygen atoms in total. The van der Waals surface area contributed by atoms with Crippen molar-refractivity contribution in [2.24, 2.45) is 0 Å². The second-order valence-corrected chi connectivity index (χ2v) is 7.22. The van der Waals surface area contributed by atoms with Gasteiger partial charge >= 0.3 is 5.97 Å². The number of rotatable bonds is 8. The Labute approximate surface area is 155 Å². The molecule has 1 unspecified atom stereocenters. The number of benzene rings is 1. The highest BCUT2D eigenvalue weighted by molar-refractivity contribution is 7.16. The van der Waals surface area contributed by atoms with Crippen LogP contribution < -0.4 is 10.2 Å². The highest BCUT2D eigenvalue weighted by Crippen LogP contribution is 2.20. The fraction of sp³-hybridized carbons (Fsp3) is 0.222. The maximum atomic E-state index is 12.3. The molecule has 1 aromatic carbocycles. The molecule has 2 aromatic rings. The number of ether oxygens (including phenoxy) is 1. The van der Waals surface area contributed by atoms with E-state index in [9.17, 15) is 9.59 Å². The minimum atomic E-state index is -0.408. The standard InChI is InChI=1S/C18H19ClN2O3S/c1-3-10-21(11-15-8-9-16(19)25-15)12-17(22)20-14-6-4-13(5-7-14)18(23)24-2/h3-9H,1,10-12H2,2H3,(H,20,22)/p+1. The fourth-order valence-electron chi connectivity index (χ4n) is 2.34. The Morgan fingerprint density at radius 3 is 2.56 bits per heavy atom. The summed E-state index contributed by atoms with van der Waals surface area (Å²) in [6, 6.07) is 10.4. The number of anilines is 1. The maximum Gasteiger partial charge on any atom is 0.337 e. The van der Waals surface area contributed by atoms with Crippen molar-refractivity contribution in [2.45, 2.75) is 6.54 Å². The lowest BCUT2D eigenvalue weighted by molar-refractivity contribution is -0.899. The van der Waals surface area contributed by atoms with E-state index in [2.05, 4.69) is 16.6 Å². The number of carbonyl (C=O) groups is 2. The Hall–Kier alpha value is -2.15. The average molecular weight is 380 g/mol. The molecule has 0 saturated carbocycles. The predicted molar refractivity (Wildman–Crippen MR) is 100 cm³/mol. The first-order chi connectivity index (χ1) is 12.0. The smallest absolute Gasteiger partial charge is 0.337 e. The van der Waals surface area contributed by atoms with Crippen LogP contribution in [0.25, 0.3) is 0 Å². The average Bonchev–Trinajstić information content (AvgIpc) is 2.99. The third-order valence-electron chi connectivity index (χ3n) is 3.49. The van der Waals surface area contributed by atoms with E-state index >= 15 is 0 Å². The van der Waals surface area contributed by atoms with Crippen molar-refractivity contribution in [2.75, 3.05) is 25.5 Å². The van der Waals surface area contributed by atoms with Gasteiger partial charge in [-0.1, -0.05) is 18.2 Å². The summed E-state index contributed by atoms with van der Waals surface area (Å²) < 4.78 is 5.39. The van der Waals surface area contributed by atoms with Crippen LogP contribution >= 0.6 is 22.9 Å². The molecular weight excluding hydrogens is 360 g/mol. The summed E-state index contributed by atoms with van der Waals surface area (Å²) in [7, 11) is 1.33. The zero-order valence-electron chi connectivity index (χ0n) is 13.9. The van der Waals surface area contributed by atoms with Gasteiger partial charge in [0.05, 0.1) is 28.4 Å². The number of halogens is 1. The molecule has 1 aromatic heterocycles. The van der Waals surface area contributed by atoms with E-state index < -0.39 is 5.97 Å². The van der Waals surface area contributed by atoms with E-state index in [0.29, 0.717) is 30.9 Å². The van der Waals surface area contributed by atoms with E-state index in [1.807, 2.05) is 12.1 Å². The minimum Gasteiger partial charge on any atom is -0.465 e. The third kappa shape index (κ3) is 6.01. The van der Waals surface area contributed by atoms with Crippen molar-refractivity contribution in [1.82, 2.24) is 0 Å². The highest BCUT2D eigenvalue weighted by atomic mass is 35.5. The van der Waals surface area contributed by atoms with Crippen LogP contribution in [-0.4, -0.2) is 32.1 Å². The van der Waals surface area contributed by atoms with Gasteiger partial charge in [-0.3, -0.25) is 4.79 Å². The zero-order chi connectivity index (χ0) is 18.2. The SMILES string of the molecule is C=CC[NH+](CC(=O)Nc1ccc(C(=O)OC)cc1)Cc1ccc(Cl)s1. The maximum absolute atomic E-state index is 12.3. The first kappa shape index (κ1) is 19.2. The first-order valence-corrected chi connectivity index (χ1v) is 8.88. The number of methoxy groups -OCH3 is 1. The molecule has 0 aliphatic heterocycles. The predicted octanol–water partition coefficient (Wildman–Crippen LogP) is 2.40. The quantitative estimate of drug-likeness (QED) is 0.547. The summed E-state index contributed by atoms with van der Waals surface area (Å²) in [5, 5.41) is 2.84. The second-order valence-electron chi connectivity index (χ2n) is 5.42. The lowest BCUT2D eigenvalue weighted by Gasteiger charge is -2.16.